The zero-order valence-corrected chi connectivity index (χ0v) is 22.8. The van der Waals surface area contributed by atoms with Crippen molar-refractivity contribution in [3.8, 4) is 11.5 Å². The van der Waals surface area contributed by atoms with Crippen LogP contribution in [0.2, 0.25) is 0 Å². The molecule has 0 unspecified atom stereocenters. The molecule has 36 heavy (non-hydrogen) atoms. The molecule has 2 aliphatic heterocycles. The maximum absolute atomic E-state index is 13.2. The highest BCUT2D eigenvalue weighted by Gasteiger charge is 2.34. The summed E-state index contributed by atoms with van der Waals surface area (Å²) in [5.74, 6) is 0.245. The molecule has 0 aliphatic carbocycles. The van der Waals surface area contributed by atoms with E-state index >= 15 is 0 Å². The maximum Gasteiger partial charge on any atom is 0.343 e. The summed E-state index contributed by atoms with van der Waals surface area (Å²) in [6, 6.07) is 12.8. The van der Waals surface area contributed by atoms with E-state index in [1.807, 2.05) is 19.1 Å². The van der Waals surface area contributed by atoms with E-state index in [1.165, 1.54) is 10.4 Å². The average molecular weight is 571 g/mol. The molecule has 2 N–H and O–H groups in total. The van der Waals surface area contributed by atoms with Crippen LogP contribution in [0.4, 0.5) is 5.00 Å². The normalized spacial score (nSPS) is 17.1. The van der Waals surface area contributed by atoms with Crippen LogP contribution in [0.15, 0.2) is 46.9 Å². The van der Waals surface area contributed by atoms with Crippen LogP contribution in [-0.4, -0.2) is 36.0 Å². The van der Waals surface area contributed by atoms with Crippen molar-refractivity contribution in [1.82, 2.24) is 10.2 Å². The number of ether oxygens (including phenoxy) is 2. The van der Waals surface area contributed by atoms with Gasteiger partial charge in [-0.1, -0.05) is 22.0 Å². The van der Waals surface area contributed by atoms with Gasteiger partial charge in [0, 0.05) is 28.5 Å². The van der Waals surface area contributed by atoms with Gasteiger partial charge in [-0.05, 0) is 74.7 Å². The van der Waals surface area contributed by atoms with Gasteiger partial charge in [0.2, 0.25) is 0 Å². The SMILES string of the molecule is CCOc1cc([C@H]2NC(=O)c3c(sc4c3CCN(C(C)C)C4)N2)ccc1OC(=O)c1ccc(Br)cc1. The molecule has 0 bridgehead atoms. The molecule has 0 fully saturated rings. The maximum atomic E-state index is 13.2. The van der Waals surface area contributed by atoms with Gasteiger partial charge >= 0.3 is 5.97 Å². The summed E-state index contributed by atoms with van der Waals surface area (Å²) < 4.78 is 12.3. The molecule has 3 aromatic rings. The summed E-state index contributed by atoms with van der Waals surface area (Å²) in [6.07, 6.45) is 0.466. The van der Waals surface area contributed by atoms with Crippen LogP contribution in [0.3, 0.4) is 0 Å². The number of rotatable bonds is 6. The standard InChI is InChI=1S/C27H28BrN3O4S/c1-4-34-21-13-17(7-10-20(21)35-27(33)16-5-8-18(28)9-6-16)24-29-25(32)23-19-11-12-31(15(2)3)14-22(19)36-26(23)30-24/h5-10,13,15,24,30H,4,11-12,14H2,1-3H3,(H,29,32)/t24-/m0/s1. The van der Waals surface area contributed by atoms with Crippen molar-refractivity contribution in [1.29, 1.82) is 0 Å². The third-order valence-electron chi connectivity index (χ3n) is 6.48. The van der Waals surface area contributed by atoms with E-state index in [0.29, 0.717) is 29.7 Å². The number of fused-ring (bicyclic) bond motifs is 3. The van der Waals surface area contributed by atoms with E-state index in [4.69, 9.17) is 9.47 Å². The molecular formula is C27H28BrN3O4S. The molecule has 188 valence electrons. The zero-order valence-electron chi connectivity index (χ0n) is 20.4. The smallest absolute Gasteiger partial charge is 0.343 e. The van der Waals surface area contributed by atoms with Crippen LogP contribution >= 0.6 is 27.3 Å². The van der Waals surface area contributed by atoms with Gasteiger partial charge in [-0.3, -0.25) is 9.69 Å². The molecule has 5 rings (SSSR count). The predicted octanol–water partition coefficient (Wildman–Crippen LogP) is 5.75. The molecule has 7 nitrogen and oxygen atoms in total. The second-order valence-corrected chi connectivity index (χ2v) is 11.1. The molecule has 9 heteroatoms. The largest absolute Gasteiger partial charge is 0.490 e. The fourth-order valence-corrected chi connectivity index (χ4v) is 6.11. The highest BCUT2D eigenvalue weighted by atomic mass is 79.9. The Morgan fingerprint density at radius 2 is 1.94 bits per heavy atom. The van der Waals surface area contributed by atoms with E-state index in [2.05, 4.69) is 45.3 Å². The fraction of sp³-hybridized carbons (Fsp3) is 0.333. The van der Waals surface area contributed by atoms with Crippen LogP contribution in [0, 0.1) is 0 Å². The number of carbonyl (C=O) groups is 2. The minimum absolute atomic E-state index is 0.0621. The highest BCUT2D eigenvalue weighted by molar-refractivity contribution is 9.10. The second-order valence-electron chi connectivity index (χ2n) is 9.11. The van der Waals surface area contributed by atoms with E-state index in [9.17, 15) is 9.59 Å². The number of benzene rings is 2. The third-order valence-corrected chi connectivity index (χ3v) is 8.15. The summed E-state index contributed by atoms with van der Waals surface area (Å²) in [4.78, 5) is 29.5. The molecule has 1 amide bonds. The number of carbonyl (C=O) groups excluding carboxylic acids is 2. The highest BCUT2D eigenvalue weighted by Crippen LogP contribution is 2.42. The quantitative estimate of drug-likeness (QED) is 0.290. The monoisotopic (exact) mass is 569 g/mol. The number of anilines is 1. The van der Waals surface area contributed by atoms with Crippen molar-refractivity contribution < 1.29 is 19.1 Å². The van der Waals surface area contributed by atoms with Gasteiger partial charge in [-0.2, -0.15) is 0 Å². The van der Waals surface area contributed by atoms with Gasteiger partial charge in [0.05, 0.1) is 17.7 Å². The Kier molecular flexibility index (Phi) is 7.05. The Labute approximate surface area is 222 Å². The van der Waals surface area contributed by atoms with Gasteiger partial charge < -0.3 is 20.1 Å². The first-order chi connectivity index (χ1) is 17.3. The van der Waals surface area contributed by atoms with Gasteiger partial charge in [0.25, 0.3) is 5.91 Å². The van der Waals surface area contributed by atoms with Crippen molar-refractivity contribution >= 4 is 44.1 Å². The summed E-state index contributed by atoms with van der Waals surface area (Å²) in [7, 11) is 0. The lowest BCUT2D eigenvalue weighted by molar-refractivity contribution is 0.0728. The molecule has 0 saturated heterocycles. The molecule has 2 aliphatic rings. The Bertz CT molecular complexity index is 1310. The van der Waals surface area contributed by atoms with E-state index in [0.717, 1.165) is 40.1 Å². The van der Waals surface area contributed by atoms with E-state index in [-0.39, 0.29) is 5.91 Å². The van der Waals surface area contributed by atoms with Crippen LogP contribution in [0.25, 0.3) is 0 Å². The third kappa shape index (κ3) is 4.87. The molecule has 1 atom stereocenters. The molecule has 0 spiro atoms. The lowest BCUT2D eigenvalue weighted by Gasteiger charge is -2.31. The first-order valence-corrected chi connectivity index (χ1v) is 13.7. The first kappa shape index (κ1) is 24.8. The van der Waals surface area contributed by atoms with Crippen molar-refractivity contribution in [3.05, 3.63) is 74.1 Å². The Morgan fingerprint density at radius 3 is 2.67 bits per heavy atom. The predicted molar refractivity (Wildman–Crippen MR) is 144 cm³/mol. The second kappa shape index (κ2) is 10.2. The molecule has 2 aromatic carbocycles. The van der Waals surface area contributed by atoms with Crippen molar-refractivity contribution in [2.75, 3.05) is 18.5 Å². The number of halogens is 1. The van der Waals surface area contributed by atoms with Gasteiger partial charge in [0.15, 0.2) is 11.5 Å². The zero-order chi connectivity index (χ0) is 25.4. The van der Waals surface area contributed by atoms with Crippen LogP contribution in [-0.2, 0) is 13.0 Å². The number of hydrogen-bond acceptors (Lipinski definition) is 7. The molecule has 3 heterocycles. The minimum Gasteiger partial charge on any atom is -0.490 e. The summed E-state index contributed by atoms with van der Waals surface area (Å²) in [5, 5.41) is 7.51. The number of hydrogen-bond donors (Lipinski definition) is 2. The molecule has 0 saturated carbocycles. The molecule has 1 aromatic heterocycles. The Balaban J connectivity index is 1.38. The minimum atomic E-state index is -0.468. The van der Waals surface area contributed by atoms with E-state index < -0.39 is 12.1 Å². The molecule has 0 radical (unpaired) electrons. The van der Waals surface area contributed by atoms with Gasteiger partial charge in [0.1, 0.15) is 11.2 Å². The van der Waals surface area contributed by atoms with Crippen LogP contribution < -0.4 is 20.1 Å². The number of thiophene rings is 1. The van der Waals surface area contributed by atoms with Crippen LogP contribution in [0.1, 0.15) is 63.7 Å². The van der Waals surface area contributed by atoms with Gasteiger partial charge in [-0.15, -0.1) is 11.3 Å². The molecular weight excluding hydrogens is 542 g/mol. The van der Waals surface area contributed by atoms with Crippen molar-refractivity contribution in [2.24, 2.45) is 0 Å². The lowest BCUT2D eigenvalue weighted by Crippen LogP contribution is -2.39. The summed E-state index contributed by atoms with van der Waals surface area (Å²) >= 11 is 5.04. The first-order valence-electron chi connectivity index (χ1n) is 12.0. The Hall–Kier alpha value is -2.88. The number of nitrogens with one attached hydrogen (secondary N) is 2. The van der Waals surface area contributed by atoms with Gasteiger partial charge in [-0.25, -0.2) is 4.79 Å². The summed E-state index contributed by atoms with van der Waals surface area (Å²) in [6.45, 7) is 8.52. The lowest BCUT2D eigenvalue weighted by atomic mass is 9.99. The number of amides is 1. The Morgan fingerprint density at radius 1 is 1.17 bits per heavy atom. The van der Waals surface area contributed by atoms with Crippen molar-refractivity contribution in [3.63, 3.8) is 0 Å². The number of nitrogens with zero attached hydrogens (tertiary/aromatic N) is 1. The fourth-order valence-electron chi connectivity index (χ4n) is 4.54. The number of esters is 1. The average Bonchev–Trinajstić information content (AvgIpc) is 3.23. The van der Waals surface area contributed by atoms with E-state index in [1.54, 1.807) is 41.7 Å². The topological polar surface area (TPSA) is 79.9 Å². The van der Waals surface area contributed by atoms with Crippen LogP contribution in [0.5, 0.6) is 11.5 Å². The van der Waals surface area contributed by atoms with Crippen molar-refractivity contribution in [2.45, 2.75) is 45.9 Å². The summed E-state index contributed by atoms with van der Waals surface area (Å²) in [5.41, 5.74) is 3.20.